The second-order valence-corrected chi connectivity index (χ2v) is 4.19. The van der Waals surface area contributed by atoms with Gasteiger partial charge in [0.1, 0.15) is 0 Å². The van der Waals surface area contributed by atoms with E-state index < -0.39 is 0 Å². The fourth-order valence-corrected chi connectivity index (χ4v) is 1.43. The van der Waals surface area contributed by atoms with Gasteiger partial charge in [-0.25, -0.2) is 4.98 Å². The lowest BCUT2D eigenvalue weighted by Crippen LogP contribution is -2.12. The third kappa shape index (κ3) is 2.93. The van der Waals surface area contributed by atoms with Crippen LogP contribution in [0, 0.1) is 5.92 Å². The molecule has 3 heteroatoms. The largest absolute Gasteiger partial charge is 0.477 e. The number of hydrogen-bond donors (Lipinski definition) is 1. The monoisotopic (exact) mass is 206 g/mol. The molecule has 3 nitrogen and oxygen atoms in total. The van der Waals surface area contributed by atoms with Gasteiger partial charge in [-0.05, 0) is 44.4 Å². The molecule has 0 spiro atoms. The van der Waals surface area contributed by atoms with E-state index in [-0.39, 0.29) is 0 Å². The van der Waals surface area contributed by atoms with Gasteiger partial charge < -0.3 is 10.1 Å². The molecule has 0 saturated heterocycles. The van der Waals surface area contributed by atoms with Crippen molar-refractivity contribution in [2.24, 2.45) is 5.92 Å². The lowest BCUT2D eigenvalue weighted by molar-refractivity contribution is 0.288. The van der Waals surface area contributed by atoms with Crippen molar-refractivity contribution in [2.75, 3.05) is 13.7 Å². The number of pyridine rings is 1. The van der Waals surface area contributed by atoms with Gasteiger partial charge in [0, 0.05) is 18.3 Å². The van der Waals surface area contributed by atoms with Crippen molar-refractivity contribution in [3.05, 3.63) is 23.9 Å². The molecule has 1 aromatic rings. The highest BCUT2D eigenvalue weighted by molar-refractivity contribution is 5.23. The van der Waals surface area contributed by atoms with Crippen LogP contribution in [0.25, 0.3) is 0 Å². The average molecular weight is 206 g/mol. The minimum Gasteiger partial charge on any atom is -0.477 e. The molecule has 0 bridgehead atoms. The summed E-state index contributed by atoms with van der Waals surface area (Å²) < 4.78 is 5.63. The first-order chi connectivity index (χ1) is 7.29. The van der Waals surface area contributed by atoms with Gasteiger partial charge in [-0.15, -0.1) is 0 Å². The Morgan fingerprint density at radius 2 is 2.40 bits per heavy atom. The van der Waals surface area contributed by atoms with Crippen molar-refractivity contribution in [1.29, 1.82) is 0 Å². The molecule has 1 unspecified atom stereocenters. The van der Waals surface area contributed by atoms with Crippen LogP contribution in [-0.2, 0) is 0 Å². The maximum absolute atomic E-state index is 5.63. The van der Waals surface area contributed by atoms with Crippen LogP contribution in [0.5, 0.6) is 5.88 Å². The van der Waals surface area contributed by atoms with Crippen LogP contribution >= 0.6 is 0 Å². The van der Waals surface area contributed by atoms with Crippen LogP contribution in [0.4, 0.5) is 0 Å². The molecule has 1 saturated carbocycles. The van der Waals surface area contributed by atoms with Crippen LogP contribution in [0.3, 0.4) is 0 Å². The van der Waals surface area contributed by atoms with E-state index in [1.165, 1.54) is 18.4 Å². The van der Waals surface area contributed by atoms with Crippen molar-refractivity contribution in [2.45, 2.75) is 25.8 Å². The number of rotatable bonds is 5. The smallest absolute Gasteiger partial charge is 0.213 e. The molecular formula is C12H18N2O. The van der Waals surface area contributed by atoms with E-state index in [2.05, 4.69) is 17.2 Å². The number of aromatic nitrogens is 1. The van der Waals surface area contributed by atoms with Crippen LogP contribution in [0.2, 0.25) is 0 Å². The molecule has 1 atom stereocenters. The Kier molecular flexibility index (Phi) is 3.21. The van der Waals surface area contributed by atoms with Crippen molar-refractivity contribution in [3.63, 3.8) is 0 Å². The van der Waals surface area contributed by atoms with Gasteiger partial charge in [-0.1, -0.05) is 0 Å². The summed E-state index contributed by atoms with van der Waals surface area (Å²) in [5, 5.41) is 3.20. The normalized spacial score (nSPS) is 17.5. The van der Waals surface area contributed by atoms with Gasteiger partial charge in [-0.3, -0.25) is 0 Å². The maximum atomic E-state index is 5.63. The molecule has 0 aliphatic heterocycles. The Balaban J connectivity index is 1.97. The molecular weight excluding hydrogens is 188 g/mol. The third-order valence-corrected chi connectivity index (χ3v) is 2.86. The zero-order chi connectivity index (χ0) is 10.7. The van der Waals surface area contributed by atoms with Gasteiger partial charge in [-0.2, -0.15) is 0 Å². The Bertz CT molecular complexity index is 323. The van der Waals surface area contributed by atoms with E-state index in [0.717, 1.165) is 18.4 Å². The van der Waals surface area contributed by atoms with Gasteiger partial charge in [0.2, 0.25) is 5.88 Å². The molecule has 0 radical (unpaired) electrons. The first-order valence-corrected chi connectivity index (χ1v) is 5.55. The van der Waals surface area contributed by atoms with E-state index in [1.807, 2.05) is 25.4 Å². The van der Waals surface area contributed by atoms with Gasteiger partial charge in [0.05, 0.1) is 6.61 Å². The van der Waals surface area contributed by atoms with Gasteiger partial charge in [0.25, 0.3) is 0 Å². The van der Waals surface area contributed by atoms with E-state index in [4.69, 9.17) is 4.74 Å². The third-order valence-electron chi connectivity index (χ3n) is 2.86. The van der Waals surface area contributed by atoms with Crippen LogP contribution in [-0.4, -0.2) is 18.6 Å². The Morgan fingerprint density at radius 1 is 1.60 bits per heavy atom. The highest BCUT2D eigenvalue weighted by Crippen LogP contribution is 2.29. The zero-order valence-corrected chi connectivity index (χ0v) is 9.36. The number of hydrogen-bond acceptors (Lipinski definition) is 3. The Morgan fingerprint density at radius 3 is 3.07 bits per heavy atom. The molecule has 1 N–H and O–H groups in total. The fraction of sp³-hybridized carbons (Fsp3) is 0.583. The quantitative estimate of drug-likeness (QED) is 0.801. The molecule has 15 heavy (non-hydrogen) atoms. The first kappa shape index (κ1) is 10.4. The molecule has 0 aromatic carbocycles. The van der Waals surface area contributed by atoms with Crippen molar-refractivity contribution >= 4 is 0 Å². The van der Waals surface area contributed by atoms with Crippen LogP contribution in [0.1, 0.15) is 31.4 Å². The van der Waals surface area contributed by atoms with Crippen molar-refractivity contribution in [1.82, 2.24) is 10.3 Å². The summed E-state index contributed by atoms with van der Waals surface area (Å²) in [6.07, 6.45) is 4.44. The summed E-state index contributed by atoms with van der Waals surface area (Å²) in [6.45, 7) is 2.95. The van der Waals surface area contributed by atoms with Gasteiger partial charge in [0.15, 0.2) is 0 Å². The lowest BCUT2D eigenvalue weighted by atomic mass is 10.1. The average Bonchev–Trinajstić information content (AvgIpc) is 3.09. The number of nitrogens with zero attached hydrogens (tertiary/aromatic N) is 1. The van der Waals surface area contributed by atoms with Crippen molar-refractivity contribution < 1.29 is 4.74 Å². The second-order valence-electron chi connectivity index (χ2n) is 4.19. The standard InChI is InChI=1S/C12H18N2O/c1-9(13-2)11-5-6-14-12(7-11)15-8-10-3-4-10/h5-7,9-10,13H,3-4,8H2,1-2H3. The van der Waals surface area contributed by atoms with E-state index in [9.17, 15) is 0 Å². The number of nitrogens with one attached hydrogen (secondary N) is 1. The summed E-state index contributed by atoms with van der Waals surface area (Å²) in [6, 6.07) is 4.38. The highest BCUT2D eigenvalue weighted by atomic mass is 16.5. The second kappa shape index (κ2) is 4.62. The summed E-state index contributed by atoms with van der Waals surface area (Å²) in [5.41, 5.74) is 1.22. The molecule has 2 rings (SSSR count). The van der Waals surface area contributed by atoms with Gasteiger partial charge >= 0.3 is 0 Å². The van der Waals surface area contributed by atoms with E-state index in [1.54, 1.807) is 0 Å². The summed E-state index contributed by atoms with van der Waals surface area (Å²) in [4.78, 5) is 4.21. The van der Waals surface area contributed by atoms with E-state index >= 15 is 0 Å². The predicted octanol–water partition coefficient (Wildman–Crippen LogP) is 2.15. The minimum atomic E-state index is 0.344. The molecule has 0 amide bonds. The fourth-order valence-electron chi connectivity index (χ4n) is 1.43. The molecule has 1 aromatic heterocycles. The minimum absolute atomic E-state index is 0.344. The molecule has 1 aliphatic carbocycles. The van der Waals surface area contributed by atoms with E-state index in [0.29, 0.717) is 6.04 Å². The molecule has 1 aliphatic rings. The Hall–Kier alpha value is -1.09. The summed E-state index contributed by atoms with van der Waals surface area (Å²) >= 11 is 0. The highest BCUT2D eigenvalue weighted by Gasteiger charge is 2.22. The van der Waals surface area contributed by atoms with Crippen molar-refractivity contribution in [3.8, 4) is 5.88 Å². The van der Waals surface area contributed by atoms with Crippen LogP contribution in [0.15, 0.2) is 18.3 Å². The Labute approximate surface area is 90.9 Å². The number of ether oxygens (including phenoxy) is 1. The summed E-state index contributed by atoms with van der Waals surface area (Å²) in [7, 11) is 1.95. The predicted molar refractivity (Wildman–Crippen MR) is 59.9 cm³/mol. The SMILES string of the molecule is CNC(C)c1ccnc(OCC2CC2)c1. The van der Waals surface area contributed by atoms with Crippen LogP contribution < -0.4 is 10.1 Å². The first-order valence-electron chi connectivity index (χ1n) is 5.55. The molecule has 82 valence electrons. The lowest BCUT2D eigenvalue weighted by Gasteiger charge is -2.11. The molecule has 1 heterocycles. The summed E-state index contributed by atoms with van der Waals surface area (Å²) in [5.74, 6) is 1.53. The topological polar surface area (TPSA) is 34.2 Å². The maximum Gasteiger partial charge on any atom is 0.213 e. The molecule has 1 fully saturated rings. The zero-order valence-electron chi connectivity index (χ0n) is 9.36.